The SMILES string of the molecule is COC(=O)C(C)(C)C(c1ccc(C)c(CCl)c1)c1ccc(PC)c(N)c1C. The molecule has 0 aromatic heterocycles. The third kappa shape index (κ3) is 4.15. The maximum absolute atomic E-state index is 12.7. The number of methoxy groups -OCH3 is 1. The van der Waals surface area contributed by atoms with E-state index in [0.717, 1.165) is 38.8 Å². The molecule has 2 rings (SSSR count). The average molecular weight is 406 g/mol. The molecule has 0 aliphatic rings. The van der Waals surface area contributed by atoms with Crippen LogP contribution < -0.4 is 11.0 Å². The van der Waals surface area contributed by atoms with E-state index in [1.165, 1.54) is 7.11 Å². The van der Waals surface area contributed by atoms with E-state index in [1.54, 1.807) is 0 Å². The van der Waals surface area contributed by atoms with Crippen LogP contribution in [0.3, 0.4) is 0 Å². The molecule has 27 heavy (non-hydrogen) atoms. The molecule has 146 valence electrons. The van der Waals surface area contributed by atoms with Crippen molar-refractivity contribution in [3.63, 3.8) is 0 Å². The van der Waals surface area contributed by atoms with Gasteiger partial charge in [0.1, 0.15) is 0 Å². The van der Waals surface area contributed by atoms with Crippen LogP contribution in [0.15, 0.2) is 30.3 Å². The van der Waals surface area contributed by atoms with Crippen LogP contribution in [0.1, 0.15) is 47.6 Å². The summed E-state index contributed by atoms with van der Waals surface area (Å²) in [7, 11) is 2.06. The van der Waals surface area contributed by atoms with Gasteiger partial charge in [-0.05, 0) is 67.5 Å². The third-order valence-corrected chi connectivity index (χ3v) is 6.68. The van der Waals surface area contributed by atoms with Crippen molar-refractivity contribution in [3.8, 4) is 0 Å². The van der Waals surface area contributed by atoms with E-state index in [2.05, 4.69) is 37.0 Å². The molecule has 2 aromatic carbocycles. The molecule has 0 radical (unpaired) electrons. The van der Waals surface area contributed by atoms with Gasteiger partial charge in [0.15, 0.2) is 0 Å². The molecule has 3 nitrogen and oxygen atoms in total. The maximum Gasteiger partial charge on any atom is 0.312 e. The predicted octanol–water partition coefficient (Wildman–Crippen LogP) is 4.89. The molecule has 0 bridgehead atoms. The number of halogens is 1. The number of carbonyl (C=O) groups excluding carboxylic acids is 1. The van der Waals surface area contributed by atoms with Crippen molar-refractivity contribution in [1.29, 1.82) is 0 Å². The molecule has 2 unspecified atom stereocenters. The Balaban J connectivity index is 2.76. The number of carbonyl (C=O) groups is 1. The number of hydrogen-bond acceptors (Lipinski definition) is 3. The number of rotatable bonds is 6. The van der Waals surface area contributed by atoms with Gasteiger partial charge in [-0.2, -0.15) is 0 Å². The van der Waals surface area contributed by atoms with Gasteiger partial charge in [-0.15, -0.1) is 11.6 Å². The van der Waals surface area contributed by atoms with Gasteiger partial charge >= 0.3 is 5.97 Å². The van der Waals surface area contributed by atoms with E-state index < -0.39 is 5.41 Å². The van der Waals surface area contributed by atoms with Crippen LogP contribution in [0.5, 0.6) is 0 Å². The van der Waals surface area contributed by atoms with Crippen LogP contribution in [-0.4, -0.2) is 19.7 Å². The number of alkyl halides is 1. The van der Waals surface area contributed by atoms with Gasteiger partial charge in [0, 0.05) is 17.5 Å². The van der Waals surface area contributed by atoms with Gasteiger partial charge in [-0.1, -0.05) is 38.9 Å². The smallest absolute Gasteiger partial charge is 0.312 e. The van der Waals surface area contributed by atoms with Crippen molar-refractivity contribution in [1.82, 2.24) is 0 Å². The average Bonchev–Trinajstić information content (AvgIpc) is 2.65. The summed E-state index contributed by atoms with van der Waals surface area (Å²) in [5.41, 5.74) is 11.8. The molecule has 0 saturated heterocycles. The minimum atomic E-state index is -0.763. The molecule has 2 aromatic rings. The summed E-state index contributed by atoms with van der Waals surface area (Å²) in [4.78, 5) is 12.7. The molecule has 0 heterocycles. The summed E-state index contributed by atoms with van der Waals surface area (Å²) >= 11 is 6.14. The molecular formula is C22H29ClNO2P. The summed E-state index contributed by atoms with van der Waals surface area (Å²) in [6, 6.07) is 10.4. The second-order valence-corrected chi connectivity index (χ2v) is 8.76. The van der Waals surface area contributed by atoms with Gasteiger partial charge in [0.25, 0.3) is 0 Å². The Morgan fingerprint density at radius 2 is 1.93 bits per heavy atom. The molecule has 0 aliphatic heterocycles. The minimum Gasteiger partial charge on any atom is -0.469 e. The van der Waals surface area contributed by atoms with Crippen LogP contribution in [0, 0.1) is 19.3 Å². The van der Waals surface area contributed by atoms with Crippen molar-refractivity contribution in [2.45, 2.75) is 39.5 Å². The van der Waals surface area contributed by atoms with E-state index in [-0.39, 0.29) is 11.9 Å². The topological polar surface area (TPSA) is 52.3 Å². The lowest BCUT2D eigenvalue weighted by molar-refractivity contribution is -0.151. The fourth-order valence-corrected chi connectivity index (χ4v) is 4.65. The first-order valence-electron chi connectivity index (χ1n) is 8.99. The van der Waals surface area contributed by atoms with Crippen molar-refractivity contribution in [2.75, 3.05) is 19.5 Å². The molecule has 2 N–H and O–H groups in total. The Hall–Kier alpha value is -1.57. The molecule has 0 aliphatic carbocycles. The van der Waals surface area contributed by atoms with Gasteiger partial charge < -0.3 is 10.5 Å². The third-order valence-electron chi connectivity index (χ3n) is 5.42. The zero-order chi connectivity index (χ0) is 20.4. The second kappa shape index (κ2) is 8.63. The number of aryl methyl sites for hydroxylation is 1. The van der Waals surface area contributed by atoms with Gasteiger partial charge in [0.2, 0.25) is 0 Å². The Morgan fingerprint density at radius 3 is 2.48 bits per heavy atom. The van der Waals surface area contributed by atoms with E-state index in [4.69, 9.17) is 22.1 Å². The first kappa shape index (κ1) is 21.7. The van der Waals surface area contributed by atoms with Gasteiger partial charge in [-0.3, -0.25) is 4.79 Å². The quantitative estimate of drug-likeness (QED) is 0.322. The number of benzene rings is 2. The number of ether oxygens (including phenoxy) is 1. The largest absolute Gasteiger partial charge is 0.469 e. The summed E-state index contributed by atoms with van der Waals surface area (Å²) in [5.74, 6) is -0.00817. The van der Waals surface area contributed by atoms with Crippen LogP contribution in [0.2, 0.25) is 0 Å². The molecule has 0 amide bonds. The molecular weight excluding hydrogens is 377 g/mol. The number of nitrogens with two attached hydrogens (primary N) is 1. The number of esters is 1. The molecule has 2 atom stereocenters. The van der Waals surface area contributed by atoms with E-state index >= 15 is 0 Å². The van der Waals surface area contributed by atoms with E-state index in [0.29, 0.717) is 14.5 Å². The Kier molecular flexibility index (Phi) is 6.94. The summed E-state index contributed by atoms with van der Waals surface area (Å²) in [6.45, 7) is 10.0. The molecule has 0 fully saturated rings. The van der Waals surface area contributed by atoms with Crippen molar-refractivity contribution in [2.24, 2.45) is 5.41 Å². The normalized spacial score (nSPS) is 13.1. The fraction of sp³-hybridized carbons (Fsp3) is 0.409. The lowest BCUT2D eigenvalue weighted by atomic mass is 9.69. The van der Waals surface area contributed by atoms with Crippen molar-refractivity contribution < 1.29 is 9.53 Å². The standard InChI is InChI=1S/C22H29ClNO2P/c1-13-7-8-15(11-16(13)12-23)19(22(3,4)21(25)26-5)17-9-10-18(27-6)20(24)14(17)2/h7-11,19,27H,12,24H2,1-6H3. The highest BCUT2D eigenvalue weighted by atomic mass is 35.5. The fourth-order valence-electron chi connectivity index (χ4n) is 3.66. The Morgan fingerprint density at radius 1 is 1.26 bits per heavy atom. The Labute approximate surface area is 169 Å². The molecule has 0 saturated carbocycles. The van der Waals surface area contributed by atoms with Crippen molar-refractivity contribution >= 4 is 37.1 Å². The van der Waals surface area contributed by atoms with Crippen LogP contribution in [-0.2, 0) is 15.4 Å². The number of anilines is 1. The monoisotopic (exact) mass is 405 g/mol. The first-order chi connectivity index (χ1) is 12.7. The number of hydrogen-bond donors (Lipinski definition) is 1. The Bertz CT molecular complexity index is 848. The maximum atomic E-state index is 12.7. The highest BCUT2D eigenvalue weighted by Gasteiger charge is 2.41. The summed E-state index contributed by atoms with van der Waals surface area (Å²) in [5, 5.41) is 1.15. The number of nitrogen functional groups attached to an aromatic ring is 1. The molecule has 0 spiro atoms. The summed E-state index contributed by atoms with van der Waals surface area (Å²) < 4.78 is 5.14. The summed E-state index contributed by atoms with van der Waals surface area (Å²) in [6.07, 6.45) is 0. The van der Waals surface area contributed by atoms with Crippen molar-refractivity contribution in [3.05, 3.63) is 58.1 Å². The lowest BCUT2D eigenvalue weighted by Gasteiger charge is -2.34. The predicted molar refractivity (Wildman–Crippen MR) is 118 cm³/mol. The second-order valence-electron chi connectivity index (χ2n) is 7.46. The van der Waals surface area contributed by atoms with Gasteiger partial charge in [-0.25, -0.2) is 0 Å². The minimum absolute atomic E-state index is 0.191. The zero-order valence-corrected chi connectivity index (χ0v) is 18.7. The van der Waals surface area contributed by atoms with E-state index in [1.807, 2.05) is 27.7 Å². The highest BCUT2D eigenvalue weighted by molar-refractivity contribution is 7.46. The molecule has 5 heteroatoms. The first-order valence-corrected chi connectivity index (χ1v) is 11.0. The lowest BCUT2D eigenvalue weighted by Crippen LogP contribution is -2.34. The van der Waals surface area contributed by atoms with E-state index in [9.17, 15) is 4.79 Å². The highest BCUT2D eigenvalue weighted by Crippen LogP contribution is 2.44. The van der Waals surface area contributed by atoms with Gasteiger partial charge in [0.05, 0.1) is 12.5 Å². The zero-order valence-electron chi connectivity index (χ0n) is 16.9. The van der Waals surface area contributed by atoms with Crippen LogP contribution >= 0.6 is 20.2 Å². The van der Waals surface area contributed by atoms with Crippen LogP contribution in [0.4, 0.5) is 5.69 Å². The van der Waals surface area contributed by atoms with Crippen LogP contribution in [0.25, 0.3) is 0 Å².